The second kappa shape index (κ2) is 8.39. The highest BCUT2D eigenvalue weighted by Crippen LogP contribution is 2.38. The minimum absolute atomic E-state index is 0.0741. The molecule has 0 heterocycles. The number of aliphatic imine (C=N–C) groups is 2. The smallest absolute Gasteiger partial charge is 0.417 e. The second-order valence-electron chi connectivity index (χ2n) is 5.68. The van der Waals surface area contributed by atoms with Gasteiger partial charge in [-0.1, -0.05) is 17.7 Å². The lowest BCUT2D eigenvalue weighted by Gasteiger charge is -2.14. The maximum Gasteiger partial charge on any atom is 0.417 e. The molecule has 0 aliphatic rings. The number of halogens is 4. The Kier molecular flexibility index (Phi) is 6.46. The van der Waals surface area contributed by atoms with Crippen molar-refractivity contribution in [1.29, 1.82) is 0 Å². The number of ether oxygens (including phenoxy) is 1. The molecule has 0 bridgehead atoms. The zero-order valence-corrected chi connectivity index (χ0v) is 15.4. The molecule has 0 atom stereocenters. The fourth-order valence-electron chi connectivity index (χ4n) is 2.28. The van der Waals surface area contributed by atoms with Crippen molar-refractivity contribution in [2.45, 2.75) is 33.5 Å². The fraction of sp³-hybridized carbons (Fsp3) is 0.316. The van der Waals surface area contributed by atoms with Crippen LogP contribution in [0.2, 0.25) is 5.02 Å². The molecule has 0 unspecified atom stereocenters. The van der Waals surface area contributed by atoms with E-state index < -0.39 is 11.7 Å². The number of alkyl halides is 3. The Morgan fingerprint density at radius 2 is 1.81 bits per heavy atom. The molecule has 3 nitrogen and oxygen atoms in total. The van der Waals surface area contributed by atoms with Crippen molar-refractivity contribution in [3.05, 3.63) is 57.6 Å². The number of aryl methyl sites for hydroxylation is 2. The topological polar surface area (TPSA) is 34.0 Å². The van der Waals surface area contributed by atoms with Gasteiger partial charge >= 0.3 is 6.18 Å². The molecule has 0 saturated heterocycles. The molecule has 0 aromatic heterocycles. The second-order valence-corrected chi connectivity index (χ2v) is 6.08. The van der Waals surface area contributed by atoms with Gasteiger partial charge in [0.2, 0.25) is 0 Å². The van der Waals surface area contributed by atoms with E-state index in [1.807, 2.05) is 26.8 Å². The highest BCUT2D eigenvalue weighted by atomic mass is 35.5. The Hall–Kier alpha value is -2.30. The van der Waals surface area contributed by atoms with E-state index in [2.05, 4.69) is 16.0 Å². The van der Waals surface area contributed by atoms with E-state index in [0.717, 1.165) is 22.8 Å². The van der Waals surface area contributed by atoms with Crippen LogP contribution in [0.1, 0.15) is 29.2 Å². The molecule has 2 rings (SSSR count). The number of hydrogen-bond donors (Lipinski definition) is 0. The summed E-state index contributed by atoms with van der Waals surface area (Å²) in [5.41, 5.74) is 1.75. The molecule has 0 N–H and O–H groups in total. The molecule has 0 saturated carbocycles. The number of hydrogen-bond acceptors (Lipinski definition) is 3. The molecule has 0 radical (unpaired) electrons. The molecule has 0 aliphatic heterocycles. The quantitative estimate of drug-likeness (QED) is 0.546. The Bertz CT molecular complexity index is 857. The average Bonchev–Trinajstić information content (AvgIpc) is 2.56. The number of rotatable bonds is 5. The predicted octanol–water partition coefficient (Wildman–Crippen LogP) is 6.46. The van der Waals surface area contributed by atoms with Crippen LogP contribution in [-0.2, 0) is 12.7 Å². The summed E-state index contributed by atoms with van der Waals surface area (Å²) in [5, 5.41) is -0.361. The third-order valence-electron chi connectivity index (χ3n) is 3.65. The van der Waals surface area contributed by atoms with Crippen molar-refractivity contribution in [1.82, 2.24) is 0 Å². The van der Waals surface area contributed by atoms with Crippen LogP contribution in [-0.4, -0.2) is 12.6 Å². The average molecular weight is 383 g/mol. The van der Waals surface area contributed by atoms with Gasteiger partial charge in [-0.15, -0.1) is 0 Å². The highest BCUT2D eigenvalue weighted by Gasteiger charge is 2.33. The lowest BCUT2D eigenvalue weighted by Crippen LogP contribution is -2.06. The van der Waals surface area contributed by atoms with Gasteiger partial charge in [0.15, 0.2) is 0 Å². The van der Waals surface area contributed by atoms with Crippen LogP contribution >= 0.6 is 11.6 Å². The van der Waals surface area contributed by atoms with Crippen LogP contribution in [0.25, 0.3) is 0 Å². The SMILES string of the molecule is CCN=C=NCc1cc(C)c(Oc2ccc(Cl)c(C(F)(F)F)c2)cc1C. The van der Waals surface area contributed by atoms with Crippen LogP contribution in [0.4, 0.5) is 13.2 Å². The van der Waals surface area contributed by atoms with E-state index in [1.165, 1.54) is 12.1 Å². The summed E-state index contributed by atoms with van der Waals surface area (Å²) in [6.45, 7) is 6.65. The molecule has 0 amide bonds. The third kappa shape index (κ3) is 5.10. The molecule has 0 fully saturated rings. The number of nitrogens with zero attached hydrogens (tertiary/aromatic N) is 2. The molecular formula is C19H18ClF3N2O. The summed E-state index contributed by atoms with van der Waals surface area (Å²) in [6, 6.07) is 9.76. The van der Waals surface area contributed by atoms with E-state index in [-0.39, 0.29) is 10.8 Å². The van der Waals surface area contributed by atoms with Crippen molar-refractivity contribution in [2.24, 2.45) is 9.98 Å². The van der Waals surface area contributed by atoms with Crippen LogP contribution in [0.3, 0.4) is 0 Å². The van der Waals surface area contributed by atoms with Gasteiger partial charge < -0.3 is 4.74 Å². The van der Waals surface area contributed by atoms with Crippen molar-refractivity contribution in [3.8, 4) is 11.5 Å². The zero-order valence-electron chi connectivity index (χ0n) is 14.6. The lowest BCUT2D eigenvalue weighted by atomic mass is 10.0. The molecule has 0 spiro atoms. The van der Waals surface area contributed by atoms with Crippen molar-refractivity contribution >= 4 is 17.6 Å². The van der Waals surface area contributed by atoms with E-state index >= 15 is 0 Å². The highest BCUT2D eigenvalue weighted by molar-refractivity contribution is 6.31. The van der Waals surface area contributed by atoms with Gasteiger partial charge in [0.05, 0.1) is 23.1 Å². The van der Waals surface area contributed by atoms with Crippen LogP contribution in [0.5, 0.6) is 11.5 Å². The van der Waals surface area contributed by atoms with Crippen molar-refractivity contribution in [3.63, 3.8) is 0 Å². The first-order valence-electron chi connectivity index (χ1n) is 7.95. The van der Waals surface area contributed by atoms with E-state index in [0.29, 0.717) is 18.8 Å². The van der Waals surface area contributed by atoms with Gasteiger partial charge in [0, 0.05) is 6.54 Å². The molecule has 26 heavy (non-hydrogen) atoms. The first-order chi connectivity index (χ1) is 12.2. The summed E-state index contributed by atoms with van der Waals surface area (Å²) in [5.74, 6) is 0.554. The summed E-state index contributed by atoms with van der Waals surface area (Å²) < 4.78 is 44.6. The van der Waals surface area contributed by atoms with Crippen LogP contribution < -0.4 is 4.74 Å². The van der Waals surface area contributed by atoms with Crippen molar-refractivity contribution < 1.29 is 17.9 Å². The predicted molar refractivity (Wildman–Crippen MR) is 96.6 cm³/mol. The third-order valence-corrected chi connectivity index (χ3v) is 3.98. The summed E-state index contributed by atoms with van der Waals surface area (Å²) in [6.07, 6.45) is -4.54. The standard InChI is InChI=1S/C19H18ClF3N2O/c1-4-24-11-25-10-14-7-13(3)18(8-12(14)2)26-15-5-6-17(20)16(9-15)19(21,22)23/h5-9H,4,10H2,1-3H3. The lowest BCUT2D eigenvalue weighted by molar-refractivity contribution is -0.137. The largest absolute Gasteiger partial charge is 0.457 e. The maximum absolute atomic E-state index is 13.0. The molecule has 2 aromatic carbocycles. The summed E-state index contributed by atoms with van der Waals surface area (Å²) >= 11 is 5.63. The van der Waals surface area contributed by atoms with E-state index in [9.17, 15) is 13.2 Å². The Morgan fingerprint density at radius 1 is 1.08 bits per heavy atom. The van der Waals surface area contributed by atoms with Gasteiger partial charge in [-0.2, -0.15) is 13.2 Å². The zero-order chi connectivity index (χ0) is 19.3. The summed E-state index contributed by atoms with van der Waals surface area (Å²) in [4.78, 5) is 8.00. The Balaban J connectivity index is 2.28. The fourth-order valence-corrected chi connectivity index (χ4v) is 2.51. The number of benzene rings is 2. The summed E-state index contributed by atoms with van der Waals surface area (Å²) in [7, 11) is 0. The molecule has 2 aromatic rings. The van der Waals surface area contributed by atoms with Crippen LogP contribution in [0.15, 0.2) is 40.3 Å². The monoisotopic (exact) mass is 382 g/mol. The van der Waals surface area contributed by atoms with Gasteiger partial charge in [-0.3, -0.25) is 0 Å². The van der Waals surface area contributed by atoms with Gasteiger partial charge in [-0.25, -0.2) is 9.98 Å². The molecular weight excluding hydrogens is 365 g/mol. The minimum atomic E-state index is -4.54. The van der Waals surface area contributed by atoms with Crippen molar-refractivity contribution in [2.75, 3.05) is 6.54 Å². The first kappa shape index (κ1) is 20.0. The van der Waals surface area contributed by atoms with E-state index in [4.69, 9.17) is 16.3 Å². The van der Waals surface area contributed by atoms with E-state index in [1.54, 1.807) is 6.07 Å². The Morgan fingerprint density at radius 3 is 2.46 bits per heavy atom. The molecule has 7 heteroatoms. The maximum atomic E-state index is 13.0. The van der Waals surface area contributed by atoms with Crippen LogP contribution in [0, 0.1) is 13.8 Å². The van der Waals surface area contributed by atoms with Gasteiger partial charge in [0.25, 0.3) is 0 Å². The normalized spacial score (nSPS) is 11.0. The molecule has 138 valence electrons. The molecule has 0 aliphatic carbocycles. The van der Waals surface area contributed by atoms with Gasteiger partial charge in [0.1, 0.15) is 11.5 Å². The first-order valence-corrected chi connectivity index (χ1v) is 8.33. The van der Waals surface area contributed by atoms with Gasteiger partial charge in [-0.05, 0) is 61.7 Å². The minimum Gasteiger partial charge on any atom is -0.457 e. The Labute approximate surface area is 155 Å².